The van der Waals surface area contributed by atoms with Crippen LogP contribution < -0.4 is 5.32 Å². The summed E-state index contributed by atoms with van der Waals surface area (Å²) in [5.41, 5.74) is 0.832. The van der Waals surface area contributed by atoms with Crippen LogP contribution >= 0.6 is 0 Å². The third-order valence-corrected chi connectivity index (χ3v) is 5.88. The predicted octanol–water partition coefficient (Wildman–Crippen LogP) is 4.14. The summed E-state index contributed by atoms with van der Waals surface area (Å²) in [7, 11) is 0. The van der Waals surface area contributed by atoms with Crippen LogP contribution in [-0.4, -0.2) is 33.7 Å². The molecule has 170 valence electrons. The second kappa shape index (κ2) is 10.8. The van der Waals surface area contributed by atoms with Gasteiger partial charge in [-0.15, -0.1) is 0 Å². The van der Waals surface area contributed by atoms with E-state index in [0.717, 1.165) is 25.7 Å². The van der Waals surface area contributed by atoms with Crippen LogP contribution in [0, 0.1) is 15.9 Å². The smallest absolute Gasteiger partial charge is 0.273 e. The maximum absolute atomic E-state index is 13.4. The van der Waals surface area contributed by atoms with E-state index >= 15 is 0 Å². The lowest BCUT2D eigenvalue weighted by Crippen LogP contribution is -2.51. The molecule has 2 aromatic carbocycles. The number of hydrogen-bond acceptors (Lipinski definition) is 4. The van der Waals surface area contributed by atoms with E-state index in [2.05, 4.69) is 5.32 Å². The van der Waals surface area contributed by atoms with Crippen LogP contribution in [0.2, 0.25) is 0 Å². The van der Waals surface area contributed by atoms with Crippen LogP contribution in [0.1, 0.15) is 50.2 Å². The van der Waals surface area contributed by atoms with E-state index in [9.17, 15) is 24.1 Å². The fraction of sp³-hybridized carbons (Fsp3) is 0.417. The minimum atomic E-state index is -0.726. The van der Waals surface area contributed by atoms with Crippen molar-refractivity contribution in [1.29, 1.82) is 0 Å². The highest BCUT2D eigenvalue weighted by molar-refractivity contribution is 5.89. The number of nitrogens with zero attached hydrogens (tertiary/aromatic N) is 2. The molecule has 1 aliphatic rings. The van der Waals surface area contributed by atoms with E-state index in [4.69, 9.17) is 0 Å². The molecule has 2 aromatic rings. The molecule has 1 aliphatic carbocycles. The molecule has 32 heavy (non-hydrogen) atoms. The molecule has 8 heteroatoms. The van der Waals surface area contributed by atoms with Gasteiger partial charge in [-0.1, -0.05) is 50.1 Å². The second-order valence-corrected chi connectivity index (χ2v) is 8.12. The first-order valence-electron chi connectivity index (χ1n) is 11.0. The third-order valence-electron chi connectivity index (χ3n) is 5.88. The molecule has 1 saturated carbocycles. The zero-order valence-corrected chi connectivity index (χ0v) is 18.1. The average molecular weight is 442 g/mol. The van der Waals surface area contributed by atoms with E-state index in [1.807, 2.05) is 6.92 Å². The highest BCUT2D eigenvalue weighted by Gasteiger charge is 2.31. The Hall–Kier alpha value is -3.29. The van der Waals surface area contributed by atoms with Gasteiger partial charge in [0.2, 0.25) is 11.8 Å². The summed E-state index contributed by atoms with van der Waals surface area (Å²) < 4.78 is 13.4. The quantitative estimate of drug-likeness (QED) is 0.468. The average Bonchev–Trinajstić information content (AvgIpc) is 3.28. The molecule has 7 nitrogen and oxygen atoms in total. The predicted molar refractivity (Wildman–Crippen MR) is 118 cm³/mol. The molecule has 2 amide bonds. The zero-order chi connectivity index (χ0) is 23.1. The molecule has 0 heterocycles. The number of halogens is 1. The van der Waals surface area contributed by atoms with Crippen molar-refractivity contribution in [3.05, 3.63) is 75.6 Å². The van der Waals surface area contributed by atoms with Gasteiger partial charge in [0, 0.05) is 24.2 Å². The molecule has 0 aliphatic heterocycles. The molecule has 0 unspecified atom stereocenters. The summed E-state index contributed by atoms with van der Waals surface area (Å²) in [4.78, 5) is 38.7. The highest BCUT2D eigenvalue weighted by atomic mass is 19.1. The lowest BCUT2D eigenvalue weighted by Gasteiger charge is -2.31. The molecular formula is C24H28FN3O4. The van der Waals surface area contributed by atoms with Crippen molar-refractivity contribution in [2.75, 3.05) is 0 Å². The number of nitrogens with one attached hydrogen (secondary N) is 1. The summed E-state index contributed by atoms with van der Waals surface area (Å²) in [6.07, 6.45) is 4.16. The molecule has 1 fully saturated rings. The molecule has 0 radical (unpaired) electrons. The maximum Gasteiger partial charge on any atom is 0.273 e. The maximum atomic E-state index is 13.4. The second-order valence-electron chi connectivity index (χ2n) is 8.12. The zero-order valence-electron chi connectivity index (χ0n) is 18.1. The summed E-state index contributed by atoms with van der Waals surface area (Å²) in [5.74, 6) is -1.01. The molecule has 0 bridgehead atoms. The van der Waals surface area contributed by atoms with Gasteiger partial charge in [0.1, 0.15) is 11.9 Å². The van der Waals surface area contributed by atoms with Crippen LogP contribution in [0.4, 0.5) is 10.1 Å². The first-order chi connectivity index (χ1) is 15.4. The fourth-order valence-corrected chi connectivity index (χ4v) is 4.18. The van der Waals surface area contributed by atoms with Crippen LogP contribution in [0.3, 0.4) is 0 Å². The first kappa shape index (κ1) is 23.4. The third kappa shape index (κ3) is 5.90. The number of para-hydroxylation sites is 1. The van der Waals surface area contributed by atoms with Gasteiger partial charge in [0.05, 0.1) is 11.3 Å². The molecule has 3 rings (SSSR count). The minimum absolute atomic E-state index is 0.106. The lowest BCUT2D eigenvalue weighted by atomic mass is 10.0. The molecular weight excluding hydrogens is 413 g/mol. The normalized spacial score (nSPS) is 14.7. The Bertz CT molecular complexity index is 958. The van der Waals surface area contributed by atoms with Crippen molar-refractivity contribution < 1.29 is 18.9 Å². The summed E-state index contributed by atoms with van der Waals surface area (Å²) in [6.45, 7) is 1.94. The van der Waals surface area contributed by atoms with E-state index in [1.165, 1.54) is 23.1 Å². The SMILES string of the molecule is CC[C@H](C(=O)NC1CCCC1)N(Cc1ccc(F)cc1)C(=O)Cc1ccccc1[N+](=O)[O-]. The molecule has 0 aromatic heterocycles. The highest BCUT2D eigenvalue weighted by Crippen LogP contribution is 2.22. The standard InChI is InChI=1S/C24H28FN3O4/c1-2-21(24(30)26-20-8-4-5-9-20)27(16-17-11-13-19(25)14-12-17)23(29)15-18-7-3-6-10-22(18)28(31)32/h3,6-7,10-14,20-21H,2,4-5,8-9,15-16H2,1H3,(H,26,30)/t21-/m1/s1. The number of hydrogen-bond donors (Lipinski definition) is 1. The van der Waals surface area contributed by atoms with Gasteiger partial charge in [0.15, 0.2) is 0 Å². The Morgan fingerprint density at radius 1 is 1.16 bits per heavy atom. The van der Waals surface area contributed by atoms with Crippen LogP contribution in [-0.2, 0) is 22.6 Å². The molecule has 1 atom stereocenters. The molecule has 0 saturated heterocycles. The van der Waals surface area contributed by atoms with Crippen molar-refractivity contribution in [3.63, 3.8) is 0 Å². The Balaban J connectivity index is 1.86. The minimum Gasteiger partial charge on any atom is -0.352 e. The van der Waals surface area contributed by atoms with Crippen LogP contribution in [0.15, 0.2) is 48.5 Å². The summed E-state index contributed by atoms with van der Waals surface area (Å²) in [5, 5.41) is 14.4. The van der Waals surface area contributed by atoms with Gasteiger partial charge in [-0.25, -0.2) is 4.39 Å². The number of rotatable bonds is 9. The summed E-state index contributed by atoms with van der Waals surface area (Å²) in [6, 6.07) is 11.2. The number of benzene rings is 2. The fourth-order valence-electron chi connectivity index (χ4n) is 4.18. The Morgan fingerprint density at radius 3 is 2.44 bits per heavy atom. The molecule has 0 spiro atoms. The van der Waals surface area contributed by atoms with Crippen LogP contribution in [0.25, 0.3) is 0 Å². The number of nitro groups is 1. The summed E-state index contributed by atoms with van der Waals surface area (Å²) >= 11 is 0. The Morgan fingerprint density at radius 2 is 1.81 bits per heavy atom. The van der Waals surface area contributed by atoms with Crippen molar-refractivity contribution >= 4 is 17.5 Å². The Kier molecular flexibility index (Phi) is 7.92. The van der Waals surface area contributed by atoms with Gasteiger partial charge in [-0.05, 0) is 37.0 Å². The van der Waals surface area contributed by atoms with Gasteiger partial charge in [-0.3, -0.25) is 19.7 Å². The number of nitro benzene ring substituents is 1. The number of carbonyl (C=O) groups is 2. The monoisotopic (exact) mass is 441 g/mol. The topological polar surface area (TPSA) is 92.6 Å². The van der Waals surface area contributed by atoms with Crippen LogP contribution in [0.5, 0.6) is 0 Å². The van der Waals surface area contributed by atoms with Gasteiger partial charge >= 0.3 is 0 Å². The van der Waals surface area contributed by atoms with E-state index in [-0.39, 0.29) is 36.2 Å². The Labute approximate surface area is 186 Å². The van der Waals surface area contributed by atoms with Crippen molar-refractivity contribution in [3.8, 4) is 0 Å². The van der Waals surface area contributed by atoms with E-state index in [0.29, 0.717) is 12.0 Å². The van der Waals surface area contributed by atoms with E-state index in [1.54, 1.807) is 30.3 Å². The van der Waals surface area contributed by atoms with Gasteiger partial charge < -0.3 is 10.2 Å². The van der Waals surface area contributed by atoms with Gasteiger partial charge in [-0.2, -0.15) is 0 Å². The van der Waals surface area contributed by atoms with Gasteiger partial charge in [0.25, 0.3) is 5.69 Å². The van der Waals surface area contributed by atoms with E-state index < -0.39 is 22.7 Å². The number of amides is 2. The first-order valence-corrected chi connectivity index (χ1v) is 11.0. The molecule has 1 N–H and O–H groups in total. The number of carbonyl (C=O) groups excluding carboxylic acids is 2. The van der Waals surface area contributed by atoms with Crippen molar-refractivity contribution in [1.82, 2.24) is 10.2 Å². The van der Waals surface area contributed by atoms with Crippen molar-refractivity contribution in [2.24, 2.45) is 0 Å². The largest absolute Gasteiger partial charge is 0.352 e. The lowest BCUT2D eigenvalue weighted by molar-refractivity contribution is -0.385. The van der Waals surface area contributed by atoms with Crippen molar-refractivity contribution in [2.45, 2.75) is 64.1 Å².